The Morgan fingerprint density at radius 2 is 1.86 bits per heavy atom. The van der Waals surface area contributed by atoms with E-state index in [1.165, 1.54) is 0 Å². The second-order valence-electron chi connectivity index (χ2n) is 7.26. The number of ether oxygens (including phenoxy) is 1. The predicted molar refractivity (Wildman–Crippen MR) is 117 cm³/mol. The molecule has 1 N–H and O–H groups in total. The number of halogens is 1. The van der Waals surface area contributed by atoms with Gasteiger partial charge in [0.2, 0.25) is 5.91 Å². The number of para-hydroxylation sites is 1. The van der Waals surface area contributed by atoms with Crippen LogP contribution in [0, 0.1) is 0 Å². The summed E-state index contributed by atoms with van der Waals surface area (Å²) in [7, 11) is 0. The number of nitrogens with one attached hydrogen (secondary N) is 1. The van der Waals surface area contributed by atoms with E-state index in [4.69, 9.17) is 16.3 Å². The Bertz CT molecular complexity index is 805. The lowest BCUT2D eigenvalue weighted by molar-refractivity contribution is -0.122. The summed E-state index contributed by atoms with van der Waals surface area (Å²) < 4.78 is 6.35. The van der Waals surface area contributed by atoms with Gasteiger partial charge in [-0.2, -0.15) is 0 Å². The third-order valence-corrected chi connectivity index (χ3v) is 7.19. The van der Waals surface area contributed by atoms with Crippen LogP contribution in [0.4, 0.5) is 0 Å². The molecule has 0 aliphatic carbocycles. The van der Waals surface area contributed by atoms with Crippen molar-refractivity contribution in [1.29, 1.82) is 0 Å². The van der Waals surface area contributed by atoms with Crippen LogP contribution in [0.1, 0.15) is 58.1 Å². The number of rotatable bonds is 7. The van der Waals surface area contributed by atoms with Crippen molar-refractivity contribution in [2.24, 2.45) is 0 Å². The Morgan fingerprint density at radius 1 is 1.18 bits per heavy atom. The molecule has 3 nitrogen and oxygen atoms in total. The standard InChI is InChI=1S/C23H28ClNO2S/c1-4-21(28-17-13-11-16(24)12-14-17)22(26)25-19-15-23(5-2,6-3)27-20-10-8-7-9-18(19)20/h7-14,19,21H,4-6,15H2,1-3H3,(H,25,26)/t19-,21+/m0/s1. The molecule has 0 aromatic heterocycles. The molecule has 1 aliphatic rings. The van der Waals surface area contributed by atoms with E-state index in [1.54, 1.807) is 11.8 Å². The van der Waals surface area contributed by atoms with Crippen molar-refractivity contribution in [3.8, 4) is 5.75 Å². The van der Waals surface area contributed by atoms with Gasteiger partial charge < -0.3 is 10.1 Å². The fourth-order valence-electron chi connectivity index (χ4n) is 3.69. The Morgan fingerprint density at radius 3 is 2.50 bits per heavy atom. The molecule has 0 saturated carbocycles. The van der Waals surface area contributed by atoms with Crippen LogP contribution < -0.4 is 10.1 Å². The summed E-state index contributed by atoms with van der Waals surface area (Å²) in [6.45, 7) is 6.36. The van der Waals surface area contributed by atoms with Crippen molar-refractivity contribution in [2.45, 2.75) is 68.2 Å². The lowest BCUT2D eigenvalue weighted by atomic mass is 9.83. The molecule has 5 heteroatoms. The molecule has 28 heavy (non-hydrogen) atoms. The second kappa shape index (κ2) is 9.23. The first-order chi connectivity index (χ1) is 13.5. The van der Waals surface area contributed by atoms with Gasteiger partial charge >= 0.3 is 0 Å². The van der Waals surface area contributed by atoms with Gasteiger partial charge in [-0.05, 0) is 49.6 Å². The van der Waals surface area contributed by atoms with Crippen LogP contribution in [-0.4, -0.2) is 16.8 Å². The zero-order valence-corrected chi connectivity index (χ0v) is 18.3. The number of carbonyl (C=O) groups is 1. The highest BCUT2D eigenvalue weighted by atomic mass is 35.5. The van der Waals surface area contributed by atoms with E-state index in [1.807, 2.05) is 49.4 Å². The number of hydrogen-bond acceptors (Lipinski definition) is 3. The van der Waals surface area contributed by atoms with Crippen LogP contribution in [0.5, 0.6) is 5.75 Å². The van der Waals surface area contributed by atoms with E-state index >= 15 is 0 Å². The Hall–Kier alpha value is -1.65. The van der Waals surface area contributed by atoms with Crippen molar-refractivity contribution in [1.82, 2.24) is 5.32 Å². The molecule has 0 saturated heterocycles. The van der Waals surface area contributed by atoms with E-state index in [9.17, 15) is 4.79 Å². The topological polar surface area (TPSA) is 38.3 Å². The molecule has 0 bridgehead atoms. The SMILES string of the molecule is CC[C@@H](Sc1ccc(Cl)cc1)C(=O)N[C@H]1CC(CC)(CC)Oc2ccccc21. The largest absolute Gasteiger partial charge is 0.487 e. The van der Waals surface area contributed by atoms with E-state index < -0.39 is 0 Å². The molecule has 0 spiro atoms. The second-order valence-corrected chi connectivity index (χ2v) is 8.98. The van der Waals surface area contributed by atoms with Crippen LogP contribution in [0.2, 0.25) is 5.02 Å². The van der Waals surface area contributed by atoms with Crippen molar-refractivity contribution in [3.63, 3.8) is 0 Å². The first kappa shape index (κ1) is 21.1. The summed E-state index contributed by atoms with van der Waals surface area (Å²) in [5.41, 5.74) is 0.844. The van der Waals surface area contributed by atoms with E-state index in [0.717, 1.165) is 41.9 Å². The smallest absolute Gasteiger partial charge is 0.233 e. The summed E-state index contributed by atoms with van der Waals surface area (Å²) in [4.78, 5) is 14.2. The molecule has 0 radical (unpaired) electrons. The summed E-state index contributed by atoms with van der Waals surface area (Å²) >= 11 is 7.56. The monoisotopic (exact) mass is 417 g/mol. The molecule has 2 atom stereocenters. The number of amides is 1. The van der Waals surface area contributed by atoms with Crippen molar-refractivity contribution < 1.29 is 9.53 Å². The van der Waals surface area contributed by atoms with Gasteiger partial charge in [-0.3, -0.25) is 4.79 Å². The van der Waals surface area contributed by atoms with Gasteiger partial charge in [0.05, 0.1) is 11.3 Å². The molecule has 1 aliphatic heterocycles. The minimum Gasteiger partial charge on any atom is -0.487 e. The Labute approximate surface area is 177 Å². The summed E-state index contributed by atoms with van der Waals surface area (Å²) in [5, 5.41) is 3.88. The van der Waals surface area contributed by atoms with Gasteiger partial charge in [-0.25, -0.2) is 0 Å². The molecule has 0 fully saturated rings. The Kier molecular flexibility index (Phi) is 6.95. The highest BCUT2D eigenvalue weighted by Gasteiger charge is 2.39. The molecular weight excluding hydrogens is 390 g/mol. The number of benzene rings is 2. The van der Waals surface area contributed by atoms with E-state index in [2.05, 4.69) is 25.2 Å². The zero-order chi connectivity index (χ0) is 20.1. The molecular formula is C23H28ClNO2S. The average Bonchev–Trinajstić information content (AvgIpc) is 2.73. The molecule has 1 heterocycles. The maximum Gasteiger partial charge on any atom is 0.233 e. The van der Waals surface area contributed by atoms with Crippen LogP contribution in [0.15, 0.2) is 53.4 Å². The first-order valence-electron chi connectivity index (χ1n) is 10.0. The van der Waals surface area contributed by atoms with E-state index in [-0.39, 0.29) is 22.8 Å². The summed E-state index contributed by atoms with van der Waals surface area (Å²) in [5.74, 6) is 0.964. The fourth-order valence-corrected chi connectivity index (χ4v) is 4.78. The van der Waals surface area contributed by atoms with Crippen molar-refractivity contribution in [3.05, 3.63) is 59.1 Å². The molecule has 1 amide bonds. The van der Waals surface area contributed by atoms with Crippen LogP contribution in [0.3, 0.4) is 0 Å². The van der Waals surface area contributed by atoms with Gasteiger partial charge in [-0.15, -0.1) is 11.8 Å². The van der Waals surface area contributed by atoms with Gasteiger partial charge in [0, 0.05) is 21.9 Å². The quantitative estimate of drug-likeness (QED) is 0.529. The first-order valence-corrected chi connectivity index (χ1v) is 11.3. The summed E-state index contributed by atoms with van der Waals surface area (Å²) in [6, 6.07) is 15.7. The van der Waals surface area contributed by atoms with Crippen molar-refractivity contribution in [2.75, 3.05) is 0 Å². The lowest BCUT2D eigenvalue weighted by Crippen LogP contribution is -2.46. The predicted octanol–water partition coefficient (Wildman–Crippen LogP) is 6.41. The zero-order valence-electron chi connectivity index (χ0n) is 16.7. The van der Waals surface area contributed by atoms with Gasteiger partial charge in [0.15, 0.2) is 0 Å². The lowest BCUT2D eigenvalue weighted by Gasteiger charge is -2.42. The maximum absolute atomic E-state index is 13.1. The van der Waals surface area contributed by atoms with Crippen LogP contribution in [-0.2, 0) is 4.79 Å². The number of hydrogen-bond donors (Lipinski definition) is 1. The molecule has 0 unspecified atom stereocenters. The van der Waals surface area contributed by atoms with Crippen LogP contribution >= 0.6 is 23.4 Å². The van der Waals surface area contributed by atoms with Crippen molar-refractivity contribution >= 4 is 29.3 Å². The Balaban J connectivity index is 1.78. The molecule has 150 valence electrons. The van der Waals surface area contributed by atoms with Gasteiger partial charge in [0.25, 0.3) is 0 Å². The summed E-state index contributed by atoms with van der Waals surface area (Å²) in [6.07, 6.45) is 3.39. The van der Waals surface area contributed by atoms with Gasteiger partial charge in [-0.1, -0.05) is 50.6 Å². The third-order valence-electron chi connectivity index (χ3n) is 5.56. The number of thioether (sulfide) groups is 1. The average molecular weight is 418 g/mol. The third kappa shape index (κ3) is 4.66. The highest BCUT2D eigenvalue weighted by molar-refractivity contribution is 8.00. The number of carbonyl (C=O) groups excluding carboxylic acids is 1. The molecule has 2 aromatic rings. The van der Waals surface area contributed by atoms with E-state index in [0.29, 0.717) is 5.02 Å². The van der Waals surface area contributed by atoms with Gasteiger partial charge in [0.1, 0.15) is 11.4 Å². The normalized spacial score (nSPS) is 18.6. The minimum atomic E-state index is -0.225. The number of fused-ring (bicyclic) bond motifs is 1. The maximum atomic E-state index is 13.1. The minimum absolute atomic E-state index is 0.0304. The highest BCUT2D eigenvalue weighted by Crippen LogP contribution is 2.43. The molecule has 3 rings (SSSR count). The van der Waals surface area contributed by atoms with Crippen LogP contribution in [0.25, 0.3) is 0 Å². The fraction of sp³-hybridized carbons (Fsp3) is 0.435. The molecule has 2 aromatic carbocycles.